The smallest absolute Gasteiger partial charge is 0.251 e. The monoisotopic (exact) mass is 343 g/mol. The van der Waals surface area contributed by atoms with Crippen LogP contribution in [0.25, 0.3) is 0 Å². The average molecular weight is 345 g/mol. The maximum absolute atomic E-state index is 12.2. The first-order valence-corrected chi connectivity index (χ1v) is 8.05. The Labute approximate surface area is 128 Å². The average Bonchev–Trinajstić information content (AvgIpc) is 2.86. The van der Waals surface area contributed by atoms with Crippen molar-refractivity contribution >= 4 is 33.4 Å². The van der Waals surface area contributed by atoms with Crippen molar-refractivity contribution in [3.63, 3.8) is 0 Å². The number of carbonyl (C=O) groups is 1. The normalized spacial score (nSPS) is 22.5. The number of amides is 1. The van der Waals surface area contributed by atoms with Gasteiger partial charge in [0.1, 0.15) is 0 Å². The molecule has 0 spiro atoms. The number of rotatable bonds is 4. The van der Waals surface area contributed by atoms with Crippen molar-refractivity contribution in [2.45, 2.75) is 26.2 Å². The first kappa shape index (κ1) is 14.9. The van der Waals surface area contributed by atoms with E-state index in [0.717, 1.165) is 22.1 Å². The maximum Gasteiger partial charge on any atom is 0.251 e. The van der Waals surface area contributed by atoms with Gasteiger partial charge in [0.05, 0.1) is 0 Å². The predicted molar refractivity (Wildman–Crippen MR) is 82.8 cm³/mol. The van der Waals surface area contributed by atoms with Crippen LogP contribution in [-0.2, 0) is 0 Å². The highest BCUT2D eigenvalue weighted by atomic mass is 79.9. The van der Waals surface area contributed by atoms with E-state index in [1.54, 1.807) is 0 Å². The number of benzene rings is 1. The minimum atomic E-state index is 0.0130. The number of alkyl halides is 1. The molecular weight excluding hydrogens is 326 g/mol. The molecule has 1 aliphatic carbocycles. The van der Waals surface area contributed by atoms with Crippen LogP contribution in [0.4, 0.5) is 0 Å². The van der Waals surface area contributed by atoms with Gasteiger partial charge in [0.25, 0.3) is 5.91 Å². The van der Waals surface area contributed by atoms with Gasteiger partial charge >= 0.3 is 0 Å². The summed E-state index contributed by atoms with van der Waals surface area (Å²) in [5.74, 6) is 1.81. The SMILES string of the molecule is Cc1c(Br)cccc1C(=O)NCC1CCCC1CCl. The van der Waals surface area contributed by atoms with E-state index in [0.29, 0.717) is 17.7 Å². The van der Waals surface area contributed by atoms with Gasteiger partial charge < -0.3 is 5.32 Å². The third kappa shape index (κ3) is 3.51. The molecule has 2 rings (SSSR count). The van der Waals surface area contributed by atoms with Gasteiger partial charge in [-0.25, -0.2) is 0 Å². The van der Waals surface area contributed by atoms with Gasteiger partial charge in [-0.05, 0) is 49.3 Å². The predicted octanol–water partition coefficient (Wildman–Crippen LogP) is 4.14. The highest BCUT2D eigenvalue weighted by molar-refractivity contribution is 9.10. The fourth-order valence-electron chi connectivity index (χ4n) is 2.76. The van der Waals surface area contributed by atoms with E-state index in [1.165, 1.54) is 19.3 Å². The van der Waals surface area contributed by atoms with Gasteiger partial charge in [-0.2, -0.15) is 0 Å². The van der Waals surface area contributed by atoms with Crippen LogP contribution < -0.4 is 5.32 Å². The second kappa shape index (κ2) is 6.76. The maximum atomic E-state index is 12.2. The number of nitrogens with one attached hydrogen (secondary N) is 1. The first-order valence-electron chi connectivity index (χ1n) is 6.72. The summed E-state index contributed by atoms with van der Waals surface area (Å²) in [6, 6.07) is 5.71. The molecular formula is C15H19BrClNO. The Hall–Kier alpha value is -0.540. The molecule has 1 fully saturated rings. The van der Waals surface area contributed by atoms with Crippen molar-refractivity contribution in [2.24, 2.45) is 11.8 Å². The quantitative estimate of drug-likeness (QED) is 0.817. The van der Waals surface area contributed by atoms with Crippen molar-refractivity contribution in [3.05, 3.63) is 33.8 Å². The van der Waals surface area contributed by atoms with Gasteiger partial charge in [0.15, 0.2) is 0 Å². The molecule has 1 aliphatic rings. The fraction of sp³-hybridized carbons (Fsp3) is 0.533. The number of hydrogen-bond donors (Lipinski definition) is 1. The van der Waals surface area contributed by atoms with Crippen LogP contribution in [0.3, 0.4) is 0 Å². The Morgan fingerprint density at radius 1 is 1.42 bits per heavy atom. The summed E-state index contributed by atoms with van der Waals surface area (Å²) >= 11 is 9.42. The highest BCUT2D eigenvalue weighted by Crippen LogP contribution is 2.32. The van der Waals surface area contributed by atoms with E-state index >= 15 is 0 Å². The van der Waals surface area contributed by atoms with Gasteiger partial charge in [0, 0.05) is 22.5 Å². The zero-order chi connectivity index (χ0) is 13.8. The van der Waals surface area contributed by atoms with Gasteiger partial charge in [0.2, 0.25) is 0 Å². The fourth-order valence-corrected chi connectivity index (χ4v) is 3.53. The molecule has 2 unspecified atom stereocenters. The van der Waals surface area contributed by atoms with Crippen LogP contribution >= 0.6 is 27.5 Å². The van der Waals surface area contributed by atoms with E-state index in [2.05, 4.69) is 21.2 Å². The summed E-state index contributed by atoms with van der Waals surface area (Å²) in [4.78, 5) is 12.2. The van der Waals surface area contributed by atoms with Crippen LogP contribution in [0.1, 0.15) is 35.2 Å². The standard InChI is InChI=1S/C15H19BrClNO/c1-10-13(6-3-7-14(10)16)15(19)18-9-12-5-2-4-11(12)8-17/h3,6-7,11-12H,2,4-5,8-9H2,1H3,(H,18,19). The Kier molecular flexibility index (Phi) is 5.28. The zero-order valence-corrected chi connectivity index (χ0v) is 13.4. The Morgan fingerprint density at radius 2 is 2.16 bits per heavy atom. The highest BCUT2D eigenvalue weighted by Gasteiger charge is 2.26. The summed E-state index contributed by atoms with van der Waals surface area (Å²) < 4.78 is 0.972. The summed E-state index contributed by atoms with van der Waals surface area (Å²) in [6.45, 7) is 2.69. The molecule has 104 valence electrons. The van der Waals surface area contributed by atoms with Crippen molar-refractivity contribution in [1.82, 2.24) is 5.32 Å². The van der Waals surface area contributed by atoms with Crippen LogP contribution in [0.5, 0.6) is 0 Å². The summed E-state index contributed by atoms with van der Waals surface area (Å²) in [6.07, 6.45) is 3.60. The minimum Gasteiger partial charge on any atom is -0.352 e. The molecule has 2 atom stereocenters. The first-order chi connectivity index (χ1) is 9.13. The van der Waals surface area contributed by atoms with E-state index in [-0.39, 0.29) is 5.91 Å². The van der Waals surface area contributed by atoms with E-state index < -0.39 is 0 Å². The lowest BCUT2D eigenvalue weighted by Gasteiger charge is -2.18. The van der Waals surface area contributed by atoms with Gasteiger partial charge in [-0.3, -0.25) is 4.79 Å². The lowest BCUT2D eigenvalue weighted by Crippen LogP contribution is -2.31. The second-order valence-electron chi connectivity index (χ2n) is 5.23. The Balaban J connectivity index is 1.96. The summed E-state index contributed by atoms with van der Waals surface area (Å²) in [5, 5.41) is 3.05. The molecule has 0 radical (unpaired) electrons. The topological polar surface area (TPSA) is 29.1 Å². The molecule has 2 nitrogen and oxygen atoms in total. The number of halogens is 2. The molecule has 1 aromatic carbocycles. The van der Waals surface area contributed by atoms with Crippen molar-refractivity contribution < 1.29 is 4.79 Å². The molecule has 0 aliphatic heterocycles. The molecule has 0 saturated heterocycles. The van der Waals surface area contributed by atoms with Crippen molar-refractivity contribution in [3.8, 4) is 0 Å². The third-order valence-electron chi connectivity index (χ3n) is 4.05. The number of carbonyl (C=O) groups excluding carboxylic acids is 1. The van der Waals surface area contributed by atoms with Crippen molar-refractivity contribution in [2.75, 3.05) is 12.4 Å². The largest absolute Gasteiger partial charge is 0.352 e. The third-order valence-corrected chi connectivity index (χ3v) is 5.31. The molecule has 1 aromatic rings. The lowest BCUT2D eigenvalue weighted by molar-refractivity contribution is 0.0944. The molecule has 4 heteroatoms. The Morgan fingerprint density at radius 3 is 2.89 bits per heavy atom. The van der Waals surface area contributed by atoms with Crippen molar-refractivity contribution in [1.29, 1.82) is 0 Å². The molecule has 1 amide bonds. The number of hydrogen-bond acceptors (Lipinski definition) is 1. The molecule has 19 heavy (non-hydrogen) atoms. The van der Waals surface area contributed by atoms with Crippen LogP contribution in [0.2, 0.25) is 0 Å². The van der Waals surface area contributed by atoms with Gasteiger partial charge in [-0.15, -0.1) is 11.6 Å². The summed E-state index contributed by atoms with van der Waals surface area (Å²) in [5.41, 5.74) is 1.73. The molecule has 1 N–H and O–H groups in total. The summed E-state index contributed by atoms with van der Waals surface area (Å²) in [7, 11) is 0. The van der Waals surface area contributed by atoms with Crippen LogP contribution in [0, 0.1) is 18.8 Å². The van der Waals surface area contributed by atoms with E-state index in [4.69, 9.17) is 11.6 Å². The Bertz CT molecular complexity index is 463. The van der Waals surface area contributed by atoms with E-state index in [1.807, 2.05) is 25.1 Å². The van der Waals surface area contributed by atoms with Crippen LogP contribution in [-0.4, -0.2) is 18.3 Å². The zero-order valence-electron chi connectivity index (χ0n) is 11.1. The molecule has 1 saturated carbocycles. The lowest BCUT2D eigenvalue weighted by atomic mass is 9.98. The molecule has 0 aromatic heterocycles. The second-order valence-corrected chi connectivity index (χ2v) is 6.39. The van der Waals surface area contributed by atoms with Gasteiger partial charge in [-0.1, -0.05) is 28.4 Å². The minimum absolute atomic E-state index is 0.0130. The molecule has 0 bridgehead atoms. The molecule has 0 heterocycles. The van der Waals surface area contributed by atoms with E-state index in [9.17, 15) is 4.79 Å². The van der Waals surface area contributed by atoms with Crippen LogP contribution in [0.15, 0.2) is 22.7 Å².